The van der Waals surface area contributed by atoms with Gasteiger partial charge in [-0.15, -0.1) is 0 Å². The lowest BCUT2D eigenvalue weighted by Crippen LogP contribution is -2.57. The van der Waals surface area contributed by atoms with Gasteiger partial charge in [-0.2, -0.15) is 0 Å². The van der Waals surface area contributed by atoms with Crippen LogP contribution in [0, 0.1) is 10.1 Å². The third kappa shape index (κ3) is 3.69. The molecule has 0 atom stereocenters. The molecule has 3 aromatic carbocycles. The van der Waals surface area contributed by atoms with Gasteiger partial charge in [-0.1, -0.05) is 36.4 Å². The topological polar surface area (TPSA) is 101 Å². The van der Waals surface area contributed by atoms with E-state index in [1.165, 1.54) is 30.3 Å². The molecule has 4 amide bonds. The molecule has 1 aliphatic rings. The summed E-state index contributed by atoms with van der Waals surface area (Å²) >= 11 is 0. The highest BCUT2D eigenvalue weighted by Crippen LogP contribution is 2.29. The minimum absolute atomic E-state index is 0.115. The van der Waals surface area contributed by atoms with Crippen LogP contribution in [0.25, 0.3) is 6.08 Å². The van der Waals surface area contributed by atoms with Crippen LogP contribution in [0.3, 0.4) is 0 Å². The molecule has 8 nitrogen and oxygen atoms in total. The molecule has 31 heavy (non-hydrogen) atoms. The number of amides is 4. The number of rotatable bonds is 4. The van der Waals surface area contributed by atoms with Crippen molar-refractivity contribution in [1.82, 2.24) is 0 Å². The van der Waals surface area contributed by atoms with Gasteiger partial charge in [0.1, 0.15) is 5.57 Å². The predicted molar refractivity (Wildman–Crippen MR) is 114 cm³/mol. The zero-order valence-electron chi connectivity index (χ0n) is 16.0. The Kier molecular flexibility index (Phi) is 5.11. The second-order valence-corrected chi connectivity index (χ2v) is 6.64. The summed E-state index contributed by atoms with van der Waals surface area (Å²) in [6, 6.07) is 21.2. The zero-order chi connectivity index (χ0) is 22.0. The van der Waals surface area contributed by atoms with E-state index in [2.05, 4.69) is 0 Å². The molecule has 0 aromatic heterocycles. The number of nitro benzene ring substituents is 1. The quantitative estimate of drug-likeness (QED) is 0.276. The van der Waals surface area contributed by atoms with Crippen LogP contribution in [0.1, 0.15) is 5.56 Å². The van der Waals surface area contributed by atoms with Gasteiger partial charge in [0.25, 0.3) is 17.5 Å². The first-order chi connectivity index (χ1) is 15.0. The summed E-state index contributed by atoms with van der Waals surface area (Å²) in [5.41, 5.74) is 0.704. The highest BCUT2D eigenvalue weighted by molar-refractivity contribution is 6.46. The predicted octanol–water partition coefficient (Wildman–Crippen LogP) is 4.18. The SMILES string of the molecule is O=C1C(=Cc2ccc([N+](=O)[O-])cc2)C(=O)N(c2ccccc2)C(=O)N1c1ccccc1. The number of anilines is 2. The van der Waals surface area contributed by atoms with Crippen LogP contribution in [0.15, 0.2) is 90.5 Å². The number of urea groups is 1. The maximum atomic E-state index is 13.2. The van der Waals surface area contributed by atoms with Crippen molar-refractivity contribution in [1.29, 1.82) is 0 Å². The fraction of sp³-hybridized carbons (Fsp3) is 0. The molecule has 152 valence electrons. The average Bonchev–Trinajstić information content (AvgIpc) is 2.78. The molecule has 1 aliphatic heterocycles. The van der Waals surface area contributed by atoms with Gasteiger partial charge in [0.2, 0.25) is 0 Å². The molecule has 4 rings (SSSR count). The van der Waals surface area contributed by atoms with Crippen LogP contribution in [0.5, 0.6) is 0 Å². The van der Waals surface area contributed by atoms with Crippen LogP contribution in [0.4, 0.5) is 21.9 Å². The molecule has 0 spiro atoms. The van der Waals surface area contributed by atoms with Crippen LogP contribution in [-0.2, 0) is 9.59 Å². The normalized spacial score (nSPS) is 14.1. The van der Waals surface area contributed by atoms with Gasteiger partial charge < -0.3 is 0 Å². The number of hydrogen-bond donors (Lipinski definition) is 0. The standard InChI is InChI=1S/C23H15N3O5/c27-21-20(15-16-11-13-19(14-12-16)26(30)31)22(28)25(18-9-5-2-6-10-18)23(29)24(21)17-7-3-1-4-8-17/h1-15H. The smallest absolute Gasteiger partial charge is 0.268 e. The molecule has 0 radical (unpaired) electrons. The van der Waals surface area contributed by atoms with Crippen molar-refractivity contribution in [2.45, 2.75) is 0 Å². The monoisotopic (exact) mass is 413 g/mol. The van der Waals surface area contributed by atoms with Crippen molar-refractivity contribution in [2.75, 3.05) is 9.80 Å². The van der Waals surface area contributed by atoms with E-state index in [1.54, 1.807) is 60.7 Å². The van der Waals surface area contributed by atoms with Crippen molar-refractivity contribution >= 4 is 41.0 Å². The number of nitro groups is 1. The van der Waals surface area contributed by atoms with E-state index in [-0.39, 0.29) is 11.3 Å². The average molecular weight is 413 g/mol. The first-order valence-electron chi connectivity index (χ1n) is 9.26. The van der Waals surface area contributed by atoms with Crippen molar-refractivity contribution in [3.05, 3.63) is 106 Å². The van der Waals surface area contributed by atoms with E-state index in [0.717, 1.165) is 9.80 Å². The Labute approximate surface area is 176 Å². The fourth-order valence-corrected chi connectivity index (χ4v) is 3.20. The number of carbonyl (C=O) groups is 3. The van der Waals surface area contributed by atoms with Crippen LogP contribution in [0.2, 0.25) is 0 Å². The van der Waals surface area contributed by atoms with Crippen LogP contribution < -0.4 is 9.80 Å². The Morgan fingerprint density at radius 1 is 0.677 bits per heavy atom. The maximum Gasteiger partial charge on any atom is 0.343 e. The highest BCUT2D eigenvalue weighted by atomic mass is 16.6. The third-order valence-electron chi connectivity index (χ3n) is 4.69. The molecular formula is C23H15N3O5. The summed E-state index contributed by atoms with van der Waals surface area (Å²) < 4.78 is 0. The van der Waals surface area contributed by atoms with Gasteiger partial charge in [0.15, 0.2) is 0 Å². The molecule has 1 saturated heterocycles. The lowest BCUT2D eigenvalue weighted by atomic mass is 10.0. The Morgan fingerprint density at radius 3 is 1.55 bits per heavy atom. The number of carbonyl (C=O) groups excluding carboxylic acids is 3. The van der Waals surface area contributed by atoms with Crippen molar-refractivity contribution in [2.24, 2.45) is 0 Å². The van der Waals surface area contributed by atoms with Gasteiger partial charge in [-0.3, -0.25) is 19.7 Å². The molecule has 0 N–H and O–H groups in total. The molecule has 8 heteroatoms. The van der Waals surface area contributed by atoms with Gasteiger partial charge >= 0.3 is 6.03 Å². The minimum atomic E-state index is -0.784. The summed E-state index contributed by atoms with van der Waals surface area (Å²) in [6.07, 6.45) is 1.33. The Morgan fingerprint density at radius 2 is 1.13 bits per heavy atom. The van der Waals surface area contributed by atoms with Gasteiger partial charge in [0, 0.05) is 12.1 Å². The van der Waals surface area contributed by atoms with E-state index in [9.17, 15) is 24.5 Å². The first kappa shape index (κ1) is 19.7. The van der Waals surface area contributed by atoms with E-state index in [1.807, 2.05) is 0 Å². The summed E-state index contributed by atoms with van der Waals surface area (Å²) in [4.78, 5) is 51.7. The molecule has 0 unspecified atom stereocenters. The molecular weight excluding hydrogens is 398 g/mol. The number of imide groups is 2. The van der Waals surface area contributed by atoms with Gasteiger partial charge in [0.05, 0.1) is 16.3 Å². The maximum absolute atomic E-state index is 13.2. The molecule has 0 bridgehead atoms. The lowest BCUT2D eigenvalue weighted by molar-refractivity contribution is -0.384. The summed E-state index contributed by atoms with van der Waals surface area (Å²) in [5.74, 6) is -1.54. The van der Waals surface area contributed by atoms with Gasteiger partial charge in [-0.05, 0) is 48.0 Å². The van der Waals surface area contributed by atoms with Crippen molar-refractivity contribution < 1.29 is 19.3 Å². The van der Waals surface area contributed by atoms with E-state index in [4.69, 9.17) is 0 Å². The van der Waals surface area contributed by atoms with E-state index in [0.29, 0.717) is 16.9 Å². The van der Waals surface area contributed by atoms with Crippen molar-refractivity contribution in [3.8, 4) is 0 Å². The number of non-ortho nitro benzene ring substituents is 1. The summed E-state index contributed by atoms with van der Waals surface area (Å²) in [7, 11) is 0. The number of para-hydroxylation sites is 2. The van der Waals surface area contributed by atoms with E-state index < -0.39 is 22.8 Å². The molecule has 0 saturated carbocycles. The molecule has 0 aliphatic carbocycles. The minimum Gasteiger partial charge on any atom is -0.268 e. The second-order valence-electron chi connectivity index (χ2n) is 6.64. The fourth-order valence-electron chi connectivity index (χ4n) is 3.20. The largest absolute Gasteiger partial charge is 0.343 e. The van der Waals surface area contributed by atoms with E-state index >= 15 is 0 Å². The Hall–Kier alpha value is -4.59. The summed E-state index contributed by atoms with van der Waals surface area (Å²) in [5, 5.41) is 10.9. The molecule has 3 aromatic rings. The number of benzene rings is 3. The zero-order valence-corrected chi connectivity index (χ0v) is 16.0. The third-order valence-corrected chi connectivity index (χ3v) is 4.69. The van der Waals surface area contributed by atoms with Crippen LogP contribution in [-0.4, -0.2) is 22.8 Å². The first-order valence-corrected chi connectivity index (χ1v) is 9.26. The molecule has 1 fully saturated rings. The number of barbiturate groups is 1. The Balaban J connectivity index is 1.83. The van der Waals surface area contributed by atoms with Crippen LogP contribution >= 0.6 is 0 Å². The lowest BCUT2D eigenvalue weighted by Gasteiger charge is -2.33. The molecule has 1 heterocycles. The van der Waals surface area contributed by atoms with Gasteiger partial charge in [-0.25, -0.2) is 14.6 Å². The van der Waals surface area contributed by atoms with Crippen molar-refractivity contribution in [3.63, 3.8) is 0 Å². The number of nitrogens with zero attached hydrogens (tertiary/aromatic N) is 3. The second kappa shape index (κ2) is 8.03. The summed E-state index contributed by atoms with van der Waals surface area (Å²) in [6.45, 7) is 0. The number of hydrogen-bond acceptors (Lipinski definition) is 5. The Bertz CT molecular complexity index is 1140. The highest BCUT2D eigenvalue weighted by Gasteiger charge is 2.43.